The summed E-state index contributed by atoms with van der Waals surface area (Å²) in [6.07, 6.45) is 4.19. The molecule has 2 aromatic carbocycles. The highest BCUT2D eigenvalue weighted by molar-refractivity contribution is 5.92. The number of amides is 2. The van der Waals surface area contributed by atoms with Crippen molar-refractivity contribution < 1.29 is 9.59 Å². The van der Waals surface area contributed by atoms with Gasteiger partial charge in [-0.3, -0.25) is 9.59 Å². The van der Waals surface area contributed by atoms with Crippen molar-refractivity contribution in [1.29, 1.82) is 0 Å². The smallest absolute Gasteiger partial charge is 0.245 e. The molecule has 4 N–H and O–H groups in total. The van der Waals surface area contributed by atoms with Crippen LogP contribution in [0.25, 0.3) is 10.9 Å². The number of carbonyl (C=O) groups excluding carboxylic acids is 2. The second-order valence-corrected chi connectivity index (χ2v) is 9.32. The second kappa shape index (κ2) is 9.17. The molecule has 4 rings (SSSR count). The second-order valence-electron chi connectivity index (χ2n) is 9.32. The summed E-state index contributed by atoms with van der Waals surface area (Å²) in [5.41, 5.74) is 8.30. The molecule has 168 valence electrons. The molecule has 1 fully saturated rings. The quantitative estimate of drug-likeness (QED) is 0.558. The minimum absolute atomic E-state index is 0.0422. The number of aromatic amines is 1. The van der Waals surface area contributed by atoms with Gasteiger partial charge in [0.2, 0.25) is 11.8 Å². The van der Waals surface area contributed by atoms with E-state index in [-0.39, 0.29) is 11.8 Å². The van der Waals surface area contributed by atoms with Crippen molar-refractivity contribution in [3.8, 4) is 0 Å². The topological polar surface area (TPSA) is 91.2 Å². The van der Waals surface area contributed by atoms with Crippen molar-refractivity contribution in [2.45, 2.75) is 50.6 Å². The minimum atomic E-state index is -1.06. The van der Waals surface area contributed by atoms with Crippen molar-refractivity contribution >= 4 is 22.7 Å². The van der Waals surface area contributed by atoms with Crippen LogP contribution in [0.5, 0.6) is 0 Å². The Kier molecular flexibility index (Phi) is 6.33. The maximum atomic E-state index is 13.5. The van der Waals surface area contributed by atoms with E-state index in [4.69, 9.17) is 5.73 Å². The third-order valence-corrected chi connectivity index (χ3v) is 6.37. The molecule has 0 spiro atoms. The summed E-state index contributed by atoms with van der Waals surface area (Å²) in [5.74, 6) is 0.0964. The van der Waals surface area contributed by atoms with Gasteiger partial charge < -0.3 is 20.9 Å². The van der Waals surface area contributed by atoms with E-state index in [0.717, 1.165) is 29.3 Å². The molecule has 6 heteroatoms. The van der Waals surface area contributed by atoms with Crippen LogP contribution in [0.3, 0.4) is 0 Å². The number of likely N-dealkylation sites (tertiary alicyclic amines) is 1. The van der Waals surface area contributed by atoms with Gasteiger partial charge in [-0.1, -0.05) is 48.5 Å². The van der Waals surface area contributed by atoms with E-state index in [9.17, 15) is 9.59 Å². The Balaban J connectivity index is 1.50. The fourth-order valence-electron chi connectivity index (χ4n) is 4.44. The molecule has 1 atom stereocenters. The van der Waals surface area contributed by atoms with Gasteiger partial charge in [-0.2, -0.15) is 0 Å². The van der Waals surface area contributed by atoms with Gasteiger partial charge in [-0.15, -0.1) is 0 Å². The van der Waals surface area contributed by atoms with Crippen molar-refractivity contribution in [2.75, 3.05) is 13.1 Å². The van der Waals surface area contributed by atoms with E-state index in [1.165, 1.54) is 5.56 Å². The van der Waals surface area contributed by atoms with Gasteiger partial charge in [0.15, 0.2) is 0 Å². The van der Waals surface area contributed by atoms with Crippen LogP contribution in [0, 0.1) is 0 Å². The Hall–Kier alpha value is -3.12. The number of H-pyrrole nitrogens is 1. The Morgan fingerprint density at radius 2 is 1.75 bits per heavy atom. The standard InChI is InChI=1S/C26H32N4O2/c1-26(2,27)25(32)29-23(16-20-17-28-22-11-7-6-10-21(20)22)24(31)30-14-12-19(13-15-30)18-8-4-3-5-9-18/h3-11,17,19,23,28H,12-16,27H2,1-2H3,(H,29,32). The fraction of sp³-hybridized carbons (Fsp3) is 0.385. The molecular formula is C26H32N4O2. The van der Waals surface area contributed by atoms with Crippen LogP contribution in [0.2, 0.25) is 0 Å². The van der Waals surface area contributed by atoms with E-state index in [1.807, 2.05) is 41.4 Å². The average Bonchev–Trinajstić information content (AvgIpc) is 3.21. The first-order valence-electron chi connectivity index (χ1n) is 11.3. The molecule has 0 aliphatic carbocycles. The highest BCUT2D eigenvalue weighted by atomic mass is 16.2. The van der Waals surface area contributed by atoms with Gasteiger partial charge in [0.1, 0.15) is 6.04 Å². The SMILES string of the molecule is CC(C)(N)C(=O)NC(Cc1c[nH]c2ccccc12)C(=O)N1CCC(c2ccccc2)CC1. The first-order valence-corrected chi connectivity index (χ1v) is 11.3. The largest absolute Gasteiger partial charge is 0.361 e. The van der Waals surface area contributed by atoms with Gasteiger partial charge in [0.05, 0.1) is 5.54 Å². The molecule has 6 nitrogen and oxygen atoms in total. The van der Waals surface area contributed by atoms with Gasteiger partial charge in [0, 0.05) is 36.6 Å². The number of para-hydroxylation sites is 1. The number of hydrogen-bond acceptors (Lipinski definition) is 3. The molecule has 2 amide bonds. The highest BCUT2D eigenvalue weighted by Gasteiger charge is 2.33. The summed E-state index contributed by atoms with van der Waals surface area (Å²) in [7, 11) is 0. The third kappa shape index (κ3) is 4.86. The molecule has 3 aromatic rings. The molecular weight excluding hydrogens is 400 g/mol. The Morgan fingerprint density at radius 3 is 2.44 bits per heavy atom. The number of piperidine rings is 1. The monoisotopic (exact) mass is 432 g/mol. The maximum absolute atomic E-state index is 13.5. The molecule has 0 saturated carbocycles. The van der Waals surface area contributed by atoms with Crippen LogP contribution < -0.4 is 11.1 Å². The number of aromatic nitrogens is 1. The van der Waals surface area contributed by atoms with Gasteiger partial charge in [-0.05, 0) is 49.8 Å². The lowest BCUT2D eigenvalue weighted by Gasteiger charge is -2.35. The predicted octanol–water partition coefficient (Wildman–Crippen LogP) is 3.34. The van der Waals surface area contributed by atoms with Crippen molar-refractivity contribution in [1.82, 2.24) is 15.2 Å². The lowest BCUT2D eigenvalue weighted by Crippen LogP contribution is -2.57. The number of fused-ring (bicyclic) bond motifs is 1. The molecule has 32 heavy (non-hydrogen) atoms. The molecule has 0 bridgehead atoms. The third-order valence-electron chi connectivity index (χ3n) is 6.37. The zero-order valence-electron chi connectivity index (χ0n) is 18.8. The van der Waals surface area contributed by atoms with E-state index in [1.54, 1.807) is 13.8 Å². The first-order chi connectivity index (χ1) is 15.3. The van der Waals surface area contributed by atoms with E-state index in [0.29, 0.717) is 25.4 Å². The molecule has 1 aromatic heterocycles. The van der Waals surface area contributed by atoms with Gasteiger partial charge in [-0.25, -0.2) is 0 Å². The first kappa shape index (κ1) is 22.1. The van der Waals surface area contributed by atoms with Crippen LogP contribution in [0.4, 0.5) is 0 Å². The number of nitrogens with one attached hydrogen (secondary N) is 2. The van der Waals surface area contributed by atoms with Crippen molar-refractivity contribution in [3.63, 3.8) is 0 Å². The fourth-order valence-corrected chi connectivity index (χ4v) is 4.44. The predicted molar refractivity (Wildman–Crippen MR) is 127 cm³/mol. The summed E-state index contributed by atoms with van der Waals surface area (Å²) in [6, 6.07) is 17.8. The Labute approximate surface area is 189 Å². The zero-order valence-corrected chi connectivity index (χ0v) is 18.8. The number of nitrogens with two attached hydrogens (primary N) is 1. The van der Waals surface area contributed by atoms with Crippen LogP contribution in [-0.4, -0.2) is 46.4 Å². The summed E-state index contributed by atoms with van der Waals surface area (Å²) >= 11 is 0. The maximum Gasteiger partial charge on any atom is 0.245 e. The summed E-state index contributed by atoms with van der Waals surface area (Å²) in [4.78, 5) is 31.4. The normalized spacial score (nSPS) is 16.2. The number of carbonyl (C=O) groups is 2. The minimum Gasteiger partial charge on any atom is -0.361 e. The van der Waals surface area contributed by atoms with Crippen LogP contribution in [-0.2, 0) is 16.0 Å². The lowest BCUT2D eigenvalue weighted by molar-refractivity contribution is -0.138. The molecule has 1 aliphatic heterocycles. The molecule has 1 saturated heterocycles. The lowest BCUT2D eigenvalue weighted by atomic mass is 9.89. The van der Waals surface area contributed by atoms with Crippen LogP contribution >= 0.6 is 0 Å². The van der Waals surface area contributed by atoms with Crippen molar-refractivity contribution in [3.05, 3.63) is 71.9 Å². The Bertz CT molecular complexity index is 1080. The van der Waals surface area contributed by atoms with E-state index >= 15 is 0 Å². The Morgan fingerprint density at radius 1 is 1.09 bits per heavy atom. The zero-order chi connectivity index (χ0) is 22.7. The summed E-state index contributed by atoms with van der Waals surface area (Å²) in [5, 5.41) is 4.00. The van der Waals surface area contributed by atoms with Gasteiger partial charge >= 0.3 is 0 Å². The summed E-state index contributed by atoms with van der Waals surface area (Å²) in [6.45, 7) is 4.68. The molecule has 1 aliphatic rings. The van der Waals surface area contributed by atoms with E-state index < -0.39 is 11.6 Å². The number of nitrogens with zero attached hydrogens (tertiary/aromatic N) is 1. The number of hydrogen-bond donors (Lipinski definition) is 3. The summed E-state index contributed by atoms with van der Waals surface area (Å²) < 4.78 is 0. The van der Waals surface area contributed by atoms with Crippen LogP contribution in [0.1, 0.15) is 43.7 Å². The van der Waals surface area contributed by atoms with Crippen molar-refractivity contribution in [2.24, 2.45) is 5.73 Å². The number of benzene rings is 2. The highest BCUT2D eigenvalue weighted by Crippen LogP contribution is 2.28. The molecule has 0 radical (unpaired) electrons. The molecule has 2 heterocycles. The van der Waals surface area contributed by atoms with Crippen LogP contribution in [0.15, 0.2) is 60.8 Å². The van der Waals surface area contributed by atoms with E-state index in [2.05, 4.69) is 34.6 Å². The molecule has 1 unspecified atom stereocenters. The average molecular weight is 433 g/mol. The number of rotatable bonds is 6. The van der Waals surface area contributed by atoms with Gasteiger partial charge in [0.25, 0.3) is 0 Å².